The number of fused-ring (bicyclic) bond motifs is 3. The van der Waals surface area contributed by atoms with Crippen molar-refractivity contribution in [2.45, 2.75) is 25.4 Å². The summed E-state index contributed by atoms with van der Waals surface area (Å²) in [7, 11) is 0. The molecule has 5 rings (SSSR count). The highest BCUT2D eigenvalue weighted by atomic mass is 16.5. The molecule has 1 atom stereocenters. The van der Waals surface area contributed by atoms with E-state index in [2.05, 4.69) is 12.1 Å². The van der Waals surface area contributed by atoms with E-state index in [1.165, 1.54) is 11.1 Å². The zero-order chi connectivity index (χ0) is 21.9. The summed E-state index contributed by atoms with van der Waals surface area (Å²) in [6, 6.07) is 20.6. The predicted octanol–water partition coefficient (Wildman–Crippen LogP) is 4.86. The molecule has 0 spiro atoms. The molecule has 1 unspecified atom stereocenters. The fourth-order valence-corrected chi connectivity index (χ4v) is 4.25. The Morgan fingerprint density at radius 1 is 0.906 bits per heavy atom. The number of ether oxygens (including phenoxy) is 3. The normalized spacial score (nSPS) is 16.3. The number of ketones is 1. The maximum atomic E-state index is 12.6. The Morgan fingerprint density at radius 2 is 1.69 bits per heavy atom. The number of hydrogen-bond acceptors (Lipinski definition) is 5. The summed E-state index contributed by atoms with van der Waals surface area (Å²) in [4.78, 5) is 25.0. The van der Waals surface area contributed by atoms with Gasteiger partial charge in [-0.2, -0.15) is 0 Å². The number of esters is 1. The third-order valence-corrected chi connectivity index (χ3v) is 6.00. The van der Waals surface area contributed by atoms with Gasteiger partial charge in [-0.3, -0.25) is 4.79 Å². The minimum absolute atomic E-state index is 0.137. The van der Waals surface area contributed by atoms with E-state index < -0.39 is 5.97 Å². The molecule has 3 aromatic carbocycles. The van der Waals surface area contributed by atoms with Gasteiger partial charge in [0.15, 0.2) is 12.4 Å². The second-order valence-electron chi connectivity index (χ2n) is 8.18. The van der Waals surface area contributed by atoms with Crippen molar-refractivity contribution in [1.82, 2.24) is 0 Å². The average Bonchev–Trinajstić information content (AvgIpc) is 3.48. The molecule has 3 aromatic rings. The van der Waals surface area contributed by atoms with E-state index in [-0.39, 0.29) is 18.5 Å². The monoisotopic (exact) mass is 428 g/mol. The van der Waals surface area contributed by atoms with Gasteiger partial charge in [0.2, 0.25) is 0 Å². The number of carbonyl (C=O) groups is 2. The maximum Gasteiger partial charge on any atom is 0.338 e. The number of benzene rings is 3. The SMILES string of the molecule is O=C(COC(=O)c1ccc(OCC2CCCO2)cc1)c1ccc2c(c1)-c1ccccc1C2. The molecule has 162 valence electrons. The zero-order valence-electron chi connectivity index (χ0n) is 17.7. The molecule has 1 aliphatic carbocycles. The van der Waals surface area contributed by atoms with Crippen LogP contribution in [0.25, 0.3) is 11.1 Å². The molecule has 0 radical (unpaired) electrons. The molecule has 1 saturated heterocycles. The van der Waals surface area contributed by atoms with E-state index in [0.717, 1.165) is 37.0 Å². The van der Waals surface area contributed by atoms with E-state index in [0.29, 0.717) is 23.5 Å². The third-order valence-electron chi connectivity index (χ3n) is 6.00. The molecule has 0 bridgehead atoms. The summed E-state index contributed by atoms with van der Waals surface area (Å²) in [5.41, 5.74) is 5.65. The van der Waals surface area contributed by atoms with Crippen LogP contribution in [0.4, 0.5) is 0 Å². The number of Topliss-reactive ketones (excluding diaryl/α,β-unsaturated/α-hetero) is 1. The zero-order valence-corrected chi connectivity index (χ0v) is 17.7. The van der Waals surface area contributed by atoms with E-state index in [4.69, 9.17) is 14.2 Å². The Balaban J connectivity index is 1.17. The fraction of sp³-hybridized carbons (Fsp3) is 0.259. The largest absolute Gasteiger partial charge is 0.491 e. The Bertz CT molecular complexity index is 1140. The minimum Gasteiger partial charge on any atom is -0.491 e. The molecule has 0 amide bonds. The minimum atomic E-state index is -0.532. The maximum absolute atomic E-state index is 12.6. The topological polar surface area (TPSA) is 61.8 Å². The standard InChI is InChI=1S/C27H24O5/c28-26(21-8-7-20-14-19-4-1-2-6-24(19)25(20)15-21)17-32-27(29)18-9-11-22(12-10-18)31-16-23-5-3-13-30-23/h1-2,4,6-12,15,23H,3,5,13-14,16-17H2. The molecule has 0 saturated carbocycles. The van der Waals surface area contributed by atoms with Crippen molar-refractivity contribution in [3.05, 3.63) is 89.0 Å². The summed E-state index contributed by atoms with van der Waals surface area (Å²) >= 11 is 0. The quantitative estimate of drug-likeness (QED) is 0.311. The highest BCUT2D eigenvalue weighted by Gasteiger charge is 2.20. The molecule has 5 heteroatoms. The smallest absolute Gasteiger partial charge is 0.338 e. The van der Waals surface area contributed by atoms with Gasteiger partial charge in [0.05, 0.1) is 11.7 Å². The van der Waals surface area contributed by atoms with Crippen LogP contribution in [-0.2, 0) is 15.9 Å². The molecule has 0 N–H and O–H groups in total. The predicted molar refractivity (Wildman–Crippen MR) is 120 cm³/mol. The van der Waals surface area contributed by atoms with Crippen LogP contribution >= 0.6 is 0 Å². The van der Waals surface area contributed by atoms with E-state index in [9.17, 15) is 9.59 Å². The Morgan fingerprint density at radius 3 is 2.50 bits per heavy atom. The average molecular weight is 428 g/mol. The lowest BCUT2D eigenvalue weighted by Crippen LogP contribution is -2.16. The first-order valence-corrected chi connectivity index (χ1v) is 10.9. The molecular weight excluding hydrogens is 404 g/mol. The molecule has 2 aliphatic rings. The lowest BCUT2D eigenvalue weighted by atomic mass is 10.0. The van der Waals surface area contributed by atoms with Crippen molar-refractivity contribution < 1.29 is 23.8 Å². The van der Waals surface area contributed by atoms with Gasteiger partial charge in [-0.15, -0.1) is 0 Å². The van der Waals surface area contributed by atoms with E-state index in [1.807, 2.05) is 24.3 Å². The highest BCUT2D eigenvalue weighted by molar-refractivity contribution is 6.00. The Labute approximate surface area is 186 Å². The van der Waals surface area contributed by atoms with E-state index >= 15 is 0 Å². The lowest BCUT2D eigenvalue weighted by Gasteiger charge is -2.11. The summed E-state index contributed by atoms with van der Waals surface area (Å²) in [6.45, 7) is 0.996. The first-order valence-electron chi connectivity index (χ1n) is 10.9. The van der Waals surface area contributed by atoms with Crippen molar-refractivity contribution in [3.8, 4) is 16.9 Å². The molecule has 1 fully saturated rings. The first-order chi connectivity index (χ1) is 15.7. The van der Waals surface area contributed by atoms with Crippen LogP contribution in [0, 0.1) is 0 Å². The van der Waals surface area contributed by atoms with E-state index in [1.54, 1.807) is 30.3 Å². The van der Waals surface area contributed by atoms with Gasteiger partial charge < -0.3 is 14.2 Å². The van der Waals surface area contributed by atoms with Gasteiger partial charge in [0, 0.05) is 12.2 Å². The van der Waals surface area contributed by atoms with Crippen LogP contribution in [0.2, 0.25) is 0 Å². The first kappa shape index (κ1) is 20.5. The van der Waals surface area contributed by atoms with Crippen molar-refractivity contribution in [2.75, 3.05) is 19.8 Å². The van der Waals surface area contributed by atoms with Crippen molar-refractivity contribution >= 4 is 11.8 Å². The van der Waals surface area contributed by atoms with Crippen molar-refractivity contribution in [2.24, 2.45) is 0 Å². The number of rotatable bonds is 7. The summed E-state index contributed by atoms with van der Waals surface area (Å²) < 4.78 is 16.5. The van der Waals surface area contributed by atoms with Gasteiger partial charge in [-0.05, 0) is 71.8 Å². The second kappa shape index (κ2) is 8.97. The molecular formula is C27H24O5. The van der Waals surface area contributed by atoms with Crippen LogP contribution in [0.15, 0.2) is 66.7 Å². The molecule has 0 aromatic heterocycles. The Hall–Kier alpha value is -3.44. The summed E-state index contributed by atoms with van der Waals surface area (Å²) in [5, 5.41) is 0. The van der Waals surface area contributed by atoms with Crippen LogP contribution < -0.4 is 4.74 Å². The Kier molecular flexibility index (Phi) is 5.73. The van der Waals surface area contributed by atoms with Crippen LogP contribution in [-0.4, -0.2) is 37.7 Å². The van der Waals surface area contributed by atoms with Gasteiger partial charge in [-0.25, -0.2) is 4.79 Å². The molecule has 5 nitrogen and oxygen atoms in total. The molecule has 32 heavy (non-hydrogen) atoms. The van der Waals surface area contributed by atoms with Gasteiger partial charge in [-0.1, -0.05) is 36.4 Å². The highest BCUT2D eigenvalue weighted by Crippen LogP contribution is 2.36. The van der Waals surface area contributed by atoms with Crippen molar-refractivity contribution in [1.29, 1.82) is 0 Å². The molecule has 1 aliphatic heterocycles. The summed E-state index contributed by atoms with van der Waals surface area (Å²) in [5.74, 6) is -0.0795. The van der Waals surface area contributed by atoms with Crippen LogP contribution in [0.5, 0.6) is 5.75 Å². The number of carbonyl (C=O) groups excluding carboxylic acids is 2. The lowest BCUT2D eigenvalue weighted by molar-refractivity contribution is 0.0474. The fourth-order valence-electron chi connectivity index (χ4n) is 4.25. The number of hydrogen-bond donors (Lipinski definition) is 0. The third kappa shape index (κ3) is 4.30. The second-order valence-corrected chi connectivity index (χ2v) is 8.18. The van der Waals surface area contributed by atoms with Gasteiger partial charge >= 0.3 is 5.97 Å². The van der Waals surface area contributed by atoms with Crippen molar-refractivity contribution in [3.63, 3.8) is 0 Å². The van der Waals surface area contributed by atoms with Crippen LogP contribution in [0.3, 0.4) is 0 Å². The van der Waals surface area contributed by atoms with Gasteiger partial charge in [0.1, 0.15) is 12.4 Å². The van der Waals surface area contributed by atoms with Gasteiger partial charge in [0.25, 0.3) is 0 Å². The summed E-state index contributed by atoms with van der Waals surface area (Å²) in [6.07, 6.45) is 3.09. The molecule has 1 heterocycles. The van der Waals surface area contributed by atoms with Crippen LogP contribution in [0.1, 0.15) is 44.7 Å².